The Morgan fingerprint density at radius 3 is 2.48 bits per heavy atom. The van der Waals surface area contributed by atoms with Crippen LogP contribution in [0.3, 0.4) is 0 Å². The van der Waals surface area contributed by atoms with Crippen LogP contribution in [0.1, 0.15) is 26.3 Å². The largest absolute Gasteiger partial charge is 0.465 e. The molecule has 0 saturated carbocycles. The van der Waals surface area contributed by atoms with E-state index >= 15 is 0 Å². The van der Waals surface area contributed by atoms with Gasteiger partial charge in [0.15, 0.2) is 11.5 Å². The Labute approximate surface area is 133 Å². The molecule has 0 aliphatic carbocycles. The summed E-state index contributed by atoms with van der Waals surface area (Å²) in [6.07, 6.45) is 0. The number of hydrogen-bond donors (Lipinski definition) is 1. The van der Waals surface area contributed by atoms with E-state index in [4.69, 9.17) is 9.47 Å². The number of rotatable bonds is 4. The summed E-state index contributed by atoms with van der Waals surface area (Å²) in [6.45, 7) is 0.529. The highest BCUT2D eigenvalue weighted by Crippen LogP contribution is 2.32. The minimum atomic E-state index is -0.388. The summed E-state index contributed by atoms with van der Waals surface area (Å²) < 4.78 is 15.1. The molecular formula is C17H15NO5. The third-order valence-electron chi connectivity index (χ3n) is 3.46. The molecule has 1 aliphatic heterocycles. The molecule has 0 radical (unpaired) electrons. The van der Waals surface area contributed by atoms with Crippen molar-refractivity contribution in [1.29, 1.82) is 0 Å². The molecule has 1 amide bonds. The molecule has 0 unspecified atom stereocenters. The molecule has 1 heterocycles. The monoisotopic (exact) mass is 313 g/mol. The van der Waals surface area contributed by atoms with Gasteiger partial charge in [0.25, 0.3) is 5.91 Å². The average molecular weight is 313 g/mol. The SMILES string of the molecule is COC(=O)c1ccc(CNC(=O)c2ccc3c(c2)OCO3)cc1. The highest BCUT2D eigenvalue weighted by atomic mass is 16.7. The molecule has 6 heteroatoms. The molecule has 1 aliphatic rings. The predicted octanol–water partition coefficient (Wildman–Crippen LogP) is 2.13. The summed E-state index contributed by atoms with van der Waals surface area (Å²) in [5.41, 5.74) is 1.85. The second-order valence-corrected chi connectivity index (χ2v) is 4.94. The van der Waals surface area contributed by atoms with E-state index in [2.05, 4.69) is 10.1 Å². The van der Waals surface area contributed by atoms with E-state index < -0.39 is 0 Å². The first-order chi connectivity index (χ1) is 11.2. The molecule has 0 atom stereocenters. The Balaban J connectivity index is 1.61. The molecule has 0 bridgehead atoms. The number of amides is 1. The smallest absolute Gasteiger partial charge is 0.337 e. The lowest BCUT2D eigenvalue weighted by atomic mass is 10.1. The van der Waals surface area contributed by atoms with Gasteiger partial charge in [-0.1, -0.05) is 12.1 Å². The van der Waals surface area contributed by atoms with E-state index in [9.17, 15) is 9.59 Å². The second kappa shape index (κ2) is 6.39. The van der Waals surface area contributed by atoms with Crippen LogP contribution < -0.4 is 14.8 Å². The van der Waals surface area contributed by atoms with E-state index in [-0.39, 0.29) is 18.7 Å². The fraction of sp³-hybridized carbons (Fsp3) is 0.176. The minimum absolute atomic E-state index is 0.174. The third-order valence-corrected chi connectivity index (χ3v) is 3.46. The summed E-state index contributed by atoms with van der Waals surface area (Å²) in [4.78, 5) is 23.5. The second-order valence-electron chi connectivity index (χ2n) is 4.94. The van der Waals surface area contributed by atoms with Crippen LogP contribution in [-0.4, -0.2) is 25.8 Å². The summed E-state index contributed by atoms with van der Waals surface area (Å²) in [5.74, 6) is 0.612. The number of hydrogen-bond acceptors (Lipinski definition) is 5. The zero-order valence-corrected chi connectivity index (χ0v) is 12.5. The van der Waals surface area contributed by atoms with E-state index in [0.717, 1.165) is 5.56 Å². The molecule has 0 fully saturated rings. The minimum Gasteiger partial charge on any atom is -0.465 e. The van der Waals surface area contributed by atoms with Crippen molar-refractivity contribution < 1.29 is 23.8 Å². The Morgan fingerprint density at radius 2 is 1.74 bits per heavy atom. The van der Waals surface area contributed by atoms with Crippen LogP contribution in [0.25, 0.3) is 0 Å². The van der Waals surface area contributed by atoms with E-state index in [1.165, 1.54) is 7.11 Å². The number of carbonyl (C=O) groups is 2. The van der Waals surface area contributed by atoms with Crippen molar-refractivity contribution in [1.82, 2.24) is 5.32 Å². The van der Waals surface area contributed by atoms with Crippen molar-refractivity contribution in [2.75, 3.05) is 13.9 Å². The molecule has 2 aromatic rings. The standard InChI is InChI=1S/C17H15NO5/c1-21-17(20)12-4-2-11(3-5-12)9-18-16(19)13-6-7-14-15(8-13)23-10-22-14/h2-8H,9-10H2,1H3,(H,18,19). The van der Waals surface area contributed by atoms with Gasteiger partial charge in [0, 0.05) is 12.1 Å². The van der Waals surface area contributed by atoms with Crippen LogP contribution in [0.4, 0.5) is 0 Å². The van der Waals surface area contributed by atoms with Gasteiger partial charge in [-0.25, -0.2) is 4.79 Å². The van der Waals surface area contributed by atoms with Gasteiger partial charge in [0.05, 0.1) is 12.7 Å². The summed E-state index contributed by atoms with van der Waals surface area (Å²) >= 11 is 0. The Bertz CT molecular complexity index is 739. The number of nitrogens with one attached hydrogen (secondary N) is 1. The van der Waals surface area contributed by atoms with Crippen molar-refractivity contribution in [2.45, 2.75) is 6.54 Å². The fourth-order valence-electron chi connectivity index (χ4n) is 2.20. The van der Waals surface area contributed by atoms with Crippen LogP contribution in [-0.2, 0) is 11.3 Å². The number of fused-ring (bicyclic) bond motifs is 1. The molecule has 6 nitrogen and oxygen atoms in total. The molecule has 0 spiro atoms. The van der Waals surface area contributed by atoms with Crippen LogP contribution in [0.2, 0.25) is 0 Å². The van der Waals surface area contributed by atoms with Crippen LogP contribution >= 0.6 is 0 Å². The van der Waals surface area contributed by atoms with E-state index in [0.29, 0.717) is 29.2 Å². The van der Waals surface area contributed by atoms with Crippen LogP contribution in [0.5, 0.6) is 11.5 Å². The first kappa shape index (κ1) is 14.9. The fourth-order valence-corrected chi connectivity index (χ4v) is 2.20. The number of methoxy groups -OCH3 is 1. The Hall–Kier alpha value is -3.02. The molecule has 0 aromatic heterocycles. The highest BCUT2D eigenvalue weighted by Gasteiger charge is 2.16. The molecule has 0 saturated heterocycles. The predicted molar refractivity (Wildman–Crippen MR) is 81.5 cm³/mol. The van der Waals surface area contributed by atoms with Crippen LogP contribution in [0.15, 0.2) is 42.5 Å². The van der Waals surface area contributed by atoms with Crippen molar-refractivity contribution in [3.8, 4) is 11.5 Å². The van der Waals surface area contributed by atoms with Gasteiger partial charge in [0.1, 0.15) is 0 Å². The van der Waals surface area contributed by atoms with Crippen molar-refractivity contribution in [2.24, 2.45) is 0 Å². The maximum Gasteiger partial charge on any atom is 0.337 e. The van der Waals surface area contributed by atoms with E-state index in [1.54, 1.807) is 42.5 Å². The molecule has 3 rings (SSSR count). The maximum atomic E-state index is 12.2. The van der Waals surface area contributed by atoms with Gasteiger partial charge >= 0.3 is 5.97 Å². The Kier molecular flexibility index (Phi) is 4.14. The van der Waals surface area contributed by atoms with E-state index in [1.807, 2.05) is 0 Å². The maximum absolute atomic E-state index is 12.2. The van der Waals surface area contributed by atoms with Crippen molar-refractivity contribution in [3.63, 3.8) is 0 Å². The normalized spacial score (nSPS) is 11.9. The average Bonchev–Trinajstić information content (AvgIpc) is 3.07. The van der Waals surface area contributed by atoms with Crippen LogP contribution in [0, 0.1) is 0 Å². The lowest BCUT2D eigenvalue weighted by Crippen LogP contribution is -2.22. The highest BCUT2D eigenvalue weighted by molar-refractivity contribution is 5.95. The van der Waals surface area contributed by atoms with Crippen molar-refractivity contribution >= 4 is 11.9 Å². The number of benzene rings is 2. The lowest BCUT2D eigenvalue weighted by Gasteiger charge is -2.07. The zero-order chi connectivity index (χ0) is 16.2. The quantitative estimate of drug-likeness (QED) is 0.875. The van der Waals surface area contributed by atoms with Gasteiger partial charge in [-0.15, -0.1) is 0 Å². The lowest BCUT2D eigenvalue weighted by molar-refractivity contribution is 0.0600. The zero-order valence-electron chi connectivity index (χ0n) is 12.5. The molecule has 118 valence electrons. The Morgan fingerprint density at radius 1 is 1.04 bits per heavy atom. The van der Waals surface area contributed by atoms with Gasteiger partial charge in [0.2, 0.25) is 6.79 Å². The molecular weight excluding hydrogens is 298 g/mol. The number of ether oxygens (including phenoxy) is 3. The van der Waals surface area contributed by atoms with Gasteiger partial charge in [-0.05, 0) is 35.9 Å². The third kappa shape index (κ3) is 3.26. The summed E-state index contributed by atoms with van der Waals surface area (Å²) in [5, 5.41) is 2.82. The molecule has 1 N–H and O–H groups in total. The van der Waals surface area contributed by atoms with Crippen molar-refractivity contribution in [3.05, 3.63) is 59.2 Å². The number of carbonyl (C=O) groups excluding carboxylic acids is 2. The topological polar surface area (TPSA) is 73.9 Å². The first-order valence-corrected chi connectivity index (χ1v) is 7.02. The van der Waals surface area contributed by atoms with Gasteiger partial charge in [-0.2, -0.15) is 0 Å². The summed E-state index contributed by atoms with van der Waals surface area (Å²) in [6, 6.07) is 11.9. The van der Waals surface area contributed by atoms with Gasteiger partial charge in [-0.3, -0.25) is 4.79 Å². The number of esters is 1. The molecule has 23 heavy (non-hydrogen) atoms. The van der Waals surface area contributed by atoms with Gasteiger partial charge < -0.3 is 19.5 Å². The molecule has 2 aromatic carbocycles. The first-order valence-electron chi connectivity index (χ1n) is 7.02. The summed E-state index contributed by atoms with van der Waals surface area (Å²) in [7, 11) is 1.34.